The van der Waals surface area contributed by atoms with Crippen molar-refractivity contribution in [2.24, 2.45) is 0 Å². The monoisotopic (exact) mass is 233 g/mol. The molecule has 88 valence electrons. The Kier molecular flexibility index (Phi) is 8.18. The quantitative estimate of drug-likeness (QED) is 0.671. The van der Waals surface area contributed by atoms with Crippen molar-refractivity contribution in [1.82, 2.24) is 5.32 Å². The predicted molar refractivity (Wildman–Crippen MR) is 61.9 cm³/mol. The van der Waals surface area contributed by atoms with Crippen LogP contribution in [0.15, 0.2) is 0 Å². The van der Waals surface area contributed by atoms with Crippen LogP contribution in [0.2, 0.25) is 0 Å². The van der Waals surface area contributed by atoms with E-state index in [-0.39, 0.29) is 11.9 Å². The highest BCUT2D eigenvalue weighted by Crippen LogP contribution is 2.03. The number of rotatable bonds is 7. The van der Waals surface area contributed by atoms with Crippen molar-refractivity contribution in [1.29, 1.82) is 0 Å². The number of methoxy groups -OCH3 is 1. The number of ether oxygens (including phenoxy) is 1. The lowest BCUT2D eigenvalue weighted by Crippen LogP contribution is -2.41. The molecule has 0 aliphatic heterocycles. The van der Waals surface area contributed by atoms with E-state index in [1.807, 2.05) is 13.2 Å². The minimum Gasteiger partial charge on any atom is -0.467 e. The van der Waals surface area contributed by atoms with Crippen molar-refractivity contribution in [3.63, 3.8) is 0 Å². The van der Waals surface area contributed by atoms with Crippen LogP contribution in [-0.2, 0) is 14.3 Å². The van der Waals surface area contributed by atoms with Gasteiger partial charge >= 0.3 is 5.97 Å². The highest BCUT2D eigenvalue weighted by Gasteiger charge is 2.20. The van der Waals surface area contributed by atoms with Crippen LogP contribution >= 0.6 is 11.8 Å². The van der Waals surface area contributed by atoms with Crippen molar-refractivity contribution < 1.29 is 14.3 Å². The summed E-state index contributed by atoms with van der Waals surface area (Å²) in [7, 11) is 1.33. The molecule has 0 saturated carbocycles. The molecule has 1 amide bonds. The van der Waals surface area contributed by atoms with Crippen LogP contribution < -0.4 is 5.32 Å². The molecule has 0 rings (SSSR count). The first-order valence-corrected chi connectivity index (χ1v) is 6.41. The van der Waals surface area contributed by atoms with E-state index in [0.29, 0.717) is 12.8 Å². The third-order valence-electron chi connectivity index (χ3n) is 1.91. The highest BCUT2D eigenvalue weighted by atomic mass is 32.2. The second-order valence-electron chi connectivity index (χ2n) is 3.17. The van der Waals surface area contributed by atoms with Gasteiger partial charge in [0, 0.05) is 6.42 Å². The molecule has 0 aromatic rings. The van der Waals surface area contributed by atoms with Gasteiger partial charge in [-0.2, -0.15) is 11.8 Å². The van der Waals surface area contributed by atoms with E-state index >= 15 is 0 Å². The number of thioether (sulfide) groups is 1. The molecule has 1 N–H and O–H groups in total. The Hall–Kier alpha value is -0.710. The van der Waals surface area contributed by atoms with Gasteiger partial charge in [-0.1, -0.05) is 6.92 Å². The average Bonchev–Trinajstić information content (AvgIpc) is 2.23. The lowest BCUT2D eigenvalue weighted by Gasteiger charge is -2.15. The number of hydrogen-bond acceptors (Lipinski definition) is 4. The first-order chi connectivity index (χ1) is 7.15. The Labute approximate surface area is 95.1 Å². The molecule has 0 fully saturated rings. The van der Waals surface area contributed by atoms with Gasteiger partial charge in [0.05, 0.1) is 7.11 Å². The van der Waals surface area contributed by atoms with Crippen LogP contribution in [0.1, 0.15) is 26.2 Å². The summed E-state index contributed by atoms with van der Waals surface area (Å²) < 4.78 is 4.63. The van der Waals surface area contributed by atoms with E-state index < -0.39 is 6.04 Å². The Balaban J connectivity index is 4.11. The van der Waals surface area contributed by atoms with Gasteiger partial charge in [-0.15, -0.1) is 0 Å². The Morgan fingerprint density at radius 1 is 1.47 bits per heavy atom. The standard InChI is InChI=1S/C10H19NO3S/c1-4-5-9(12)11-8(6-7-15-3)10(13)14-2/h8H,4-7H2,1-3H3,(H,11,12)/t8-/m0/s1. The first-order valence-electron chi connectivity index (χ1n) is 5.01. The Bertz CT molecular complexity index is 209. The fraction of sp³-hybridized carbons (Fsp3) is 0.800. The maximum Gasteiger partial charge on any atom is 0.328 e. The van der Waals surface area contributed by atoms with Crippen molar-refractivity contribution in [3.8, 4) is 0 Å². The molecule has 5 heteroatoms. The Morgan fingerprint density at radius 2 is 2.13 bits per heavy atom. The number of carbonyl (C=O) groups is 2. The normalized spacial score (nSPS) is 11.9. The van der Waals surface area contributed by atoms with E-state index in [0.717, 1.165) is 12.2 Å². The van der Waals surface area contributed by atoms with Gasteiger partial charge in [0.2, 0.25) is 5.91 Å². The summed E-state index contributed by atoms with van der Waals surface area (Å²) in [4.78, 5) is 22.6. The van der Waals surface area contributed by atoms with Crippen molar-refractivity contribution >= 4 is 23.6 Å². The van der Waals surface area contributed by atoms with Crippen LogP contribution in [0.3, 0.4) is 0 Å². The molecule has 0 aliphatic carbocycles. The topological polar surface area (TPSA) is 55.4 Å². The first kappa shape index (κ1) is 14.3. The maximum atomic E-state index is 11.3. The molecular weight excluding hydrogens is 214 g/mol. The molecule has 0 saturated heterocycles. The minimum absolute atomic E-state index is 0.0889. The number of amides is 1. The molecule has 4 nitrogen and oxygen atoms in total. The van der Waals surface area contributed by atoms with Crippen LogP contribution in [0.5, 0.6) is 0 Å². The molecule has 0 radical (unpaired) electrons. The predicted octanol–water partition coefficient (Wildman–Crippen LogP) is 1.20. The van der Waals surface area contributed by atoms with Crippen molar-refractivity contribution in [3.05, 3.63) is 0 Å². The van der Waals surface area contributed by atoms with E-state index in [4.69, 9.17) is 0 Å². The zero-order valence-electron chi connectivity index (χ0n) is 9.54. The molecule has 0 spiro atoms. The van der Waals surface area contributed by atoms with Crippen molar-refractivity contribution in [2.75, 3.05) is 19.1 Å². The van der Waals surface area contributed by atoms with E-state index in [1.165, 1.54) is 7.11 Å². The minimum atomic E-state index is -0.499. The molecular formula is C10H19NO3S. The molecule has 0 bridgehead atoms. The van der Waals surface area contributed by atoms with Gasteiger partial charge in [0.25, 0.3) is 0 Å². The molecule has 0 aliphatic rings. The van der Waals surface area contributed by atoms with Gasteiger partial charge < -0.3 is 10.1 Å². The van der Waals surface area contributed by atoms with E-state index in [9.17, 15) is 9.59 Å². The summed E-state index contributed by atoms with van der Waals surface area (Å²) in [5.41, 5.74) is 0. The van der Waals surface area contributed by atoms with Crippen LogP contribution in [0, 0.1) is 0 Å². The largest absolute Gasteiger partial charge is 0.467 e. The maximum absolute atomic E-state index is 11.3. The summed E-state index contributed by atoms with van der Waals surface area (Å²) in [6.45, 7) is 1.93. The third-order valence-corrected chi connectivity index (χ3v) is 2.55. The van der Waals surface area contributed by atoms with Crippen LogP contribution in [-0.4, -0.2) is 37.0 Å². The number of esters is 1. The smallest absolute Gasteiger partial charge is 0.328 e. The number of carbonyl (C=O) groups excluding carboxylic acids is 2. The third kappa shape index (κ3) is 6.38. The lowest BCUT2D eigenvalue weighted by molar-refractivity contribution is -0.145. The number of nitrogens with one attached hydrogen (secondary N) is 1. The lowest BCUT2D eigenvalue weighted by atomic mass is 10.2. The molecule has 0 heterocycles. The van der Waals surface area contributed by atoms with Gasteiger partial charge in [0.1, 0.15) is 6.04 Å². The molecule has 0 aromatic carbocycles. The molecule has 15 heavy (non-hydrogen) atoms. The molecule has 0 unspecified atom stereocenters. The van der Waals surface area contributed by atoms with Gasteiger partial charge in [-0.05, 0) is 24.9 Å². The second kappa shape index (κ2) is 8.59. The number of hydrogen-bond donors (Lipinski definition) is 1. The van der Waals surface area contributed by atoms with Gasteiger partial charge in [0.15, 0.2) is 0 Å². The van der Waals surface area contributed by atoms with E-state index in [1.54, 1.807) is 11.8 Å². The summed E-state index contributed by atoms with van der Waals surface area (Å²) in [6.07, 6.45) is 3.81. The fourth-order valence-electron chi connectivity index (χ4n) is 1.12. The van der Waals surface area contributed by atoms with Gasteiger partial charge in [-0.3, -0.25) is 4.79 Å². The van der Waals surface area contributed by atoms with Crippen LogP contribution in [0.25, 0.3) is 0 Å². The summed E-state index contributed by atoms with van der Waals surface area (Å²) in [6, 6.07) is -0.499. The van der Waals surface area contributed by atoms with E-state index in [2.05, 4.69) is 10.1 Å². The van der Waals surface area contributed by atoms with Gasteiger partial charge in [-0.25, -0.2) is 4.79 Å². The Morgan fingerprint density at radius 3 is 2.60 bits per heavy atom. The highest BCUT2D eigenvalue weighted by molar-refractivity contribution is 7.98. The zero-order chi connectivity index (χ0) is 11.7. The summed E-state index contributed by atoms with van der Waals surface area (Å²) in [5.74, 6) is 0.370. The van der Waals surface area contributed by atoms with Crippen LogP contribution in [0.4, 0.5) is 0 Å². The molecule has 1 atom stereocenters. The van der Waals surface area contributed by atoms with Crippen molar-refractivity contribution in [2.45, 2.75) is 32.2 Å². The second-order valence-corrected chi connectivity index (χ2v) is 4.16. The average molecular weight is 233 g/mol. The molecule has 0 aromatic heterocycles. The SMILES string of the molecule is CCCC(=O)N[C@@H](CCSC)C(=O)OC. The summed E-state index contributed by atoms with van der Waals surface area (Å²) in [5, 5.41) is 2.68. The zero-order valence-corrected chi connectivity index (χ0v) is 10.4. The fourth-order valence-corrected chi connectivity index (χ4v) is 1.59. The summed E-state index contributed by atoms with van der Waals surface area (Å²) >= 11 is 1.64.